The lowest BCUT2D eigenvalue weighted by atomic mass is 10.0. The number of aliphatic hydroxyl groups is 1. The summed E-state index contributed by atoms with van der Waals surface area (Å²) in [5.74, 6) is -1.96. The summed E-state index contributed by atoms with van der Waals surface area (Å²) in [7, 11) is 0. The zero-order valence-electron chi connectivity index (χ0n) is 10.2. The second kappa shape index (κ2) is 5.08. The maximum atomic E-state index is 13.6. The maximum absolute atomic E-state index is 13.6. The molecule has 0 saturated heterocycles. The Hall–Kier alpha value is -1.76. The Morgan fingerprint density at radius 3 is 2.37 bits per heavy atom. The Labute approximate surface area is 108 Å². The fraction of sp³-hybridized carbons (Fsp3) is 0.500. The molecule has 5 nitrogen and oxygen atoms in total. The van der Waals surface area contributed by atoms with Gasteiger partial charge in [0.25, 0.3) is 5.69 Å². The standard InChI is InChI=1S/C12H14F2N2O3/c13-9-5-8(16(18)19)6-10(14)11(9)15-7-12(1-2-12)3-4-17/h5-6,15,17H,1-4,7H2. The van der Waals surface area contributed by atoms with E-state index in [2.05, 4.69) is 5.32 Å². The summed E-state index contributed by atoms with van der Waals surface area (Å²) in [6.45, 7) is 0.381. The summed E-state index contributed by atoms with van der Waals surface area (Å²) < 4.78 is 27.2. The van der Waals surface area contributed by atoms with Crippen LogP contribution in [0.2, 0.25) is 0 Å². The molecule has 0 bridgehead atoms. The third kappa shape index (κ3) is 2.98. The van der Waals surface area contributed by atoms with E-state index in [0.717, 1.165) is 12.8 Å². The number of non-ortho nitro benzene ring substituents is 1. The predicted octanol–water partition coefficient (Wildman–Crippen LogP) is 2.45. The first-order valence-electron chi connectivity index (χ1n) is 5.96. The highest BCUT2D eigenvalue weighted by atomic mass is 19.1. The van der Waals surface area contributed by atoms with Crippen LogP contribution in [0.5, 0.6) is 0 Å². The molecular formula is C12H14F2N2O3. The van der Waals surface area contributed by atoms with Gasteiger partial charge in [0, 0.05) is 13.2 Å². The van der Waals surface area contributed by atoms with Crippen LogP contribution in [0.3, 0.4) is 0 Å². The van der Waals surface area contributed by atoms with Gasteiger partial charge in [-0.15, -0.1) is 0 Å². The van der Waals surface area contributed by atoms with E-state index >= 15 is 0 Å². The molecule has 1 saturated carbocycles. The summed E-state index contributed by atoms with van der Waals surface area (Å²) in [6.07, 6.45) is 2.38. The number of benzene rings is 1. The van der Waals surface area contributed by atoms with Crippen LogP contribution in [0.15, 0.2) is 12.1 Å². The smallest absolute Gasteiger partial charge is 0.275 e. The molecule has 1 fully saturated rings. The van der Waals surface area contributed by atoms with Crippen molar-refractivity contribution >= 4 is 11.4 Å². The average molecular weight is 272 g/mol. The van der Waals surface area contributed by atoms with Crippen molar-refractivity contribution in [3.8, 4) is 0 Å². The molecular weight excluding hydrogens is 258 g/mol. The Kier molecular flexibility index (Phi) is 3.66. The normalized spacial score (nSPS) is 16.2. The van der Waals surface area contributed by atoms with Crippen LogP contribution in [-0.2, 0) is 0 Å². The number of hydrogen-bond donors (Lipinski definition) is 2. The number of nitro groups is 1. The third-order valence-corrected chi connectivity index (χ3v) is 3.48. The van der Waals surface area contributed by atoms with Gasteiger partial charge in [-0.05, 0) is 24.7 Å². The zero-order chi connectivity index (χ0) is 14.0. The average Bonchev–Trinajstić information content (AvgIpc) is 3.08. The monoisotopic (exact) mass is 272 g/mol. The number of aliphatic hydroxyl groups excluding tert-OH is 1. The molecule has 0 spiro atoms. The first kappa shape index (κ1) is 13.7. The Morgan fingerprint density at radius 2 is 1.95 bits per heavy atom. The van der Waals surface area contributed by atoms with E-state index < -0.39 is 22.2 Å². The number of halogens is 2. The Bertz CT molecular complexity index is 481. The highest BCUT2D eigenvalue weighted by Crippen LogP contribution is 2.48. The molecule has 0 atom stereocenters. The van der Waals surface area contributed by atoms with Crippen LogP contribution in [0.25, 0.3) is 0 Å². The SMILES string of the molecule is O=[N+]([O-])c1cc(F)c(NCC2(CCO)CC2)c(F)c1. The highest BCUT2D eigenvalue weighted by molar-refractivity contribution is 5.51. The lowest BCUT2D eigenvalue weighted by Crippen LogP contribution is -2.18. The van der Waals surface area contributed by atoms with E-state index in [0.29, 0.717) is 25.1 Å². The molecule has 19 heavy (non-hydrogen) atoms. The number of nitrogens with one attached hydrogen (secondary N) is 1. The van der Waals surface area contributed by atoms with Gasteiger partial charge in [0.15, 0.2) is 11.6 Å². The largest absolute Gasteiger partial charge is 0.396 e. The fourth-order valence-corrected chi connectivity index (χ4v) is 2.04. The van der Waals surface area contributed by atoms with Crippen molar-refractivity contribution in [2.45, 2.75) is 19.3 Å². The summed E-state index contributed by atoms with van der Waals surface area (Å²) in [4.78, 5) is 9.61. The molecule has 1 aromatic carbocycles. The summed E-state index contributed by atoms with van der Waals surface area (Å²) in [6, 6.07) is 1.38. The van der Waals surface area contributed by atoms with Gasteiger partial charge in [-0.2, -0.15) is 0 Å². The van der Waals surface area contributed by atoms with Gasteiger partial charge < -0.3 is 10.4 Å². The second-order valence-electron chi connectivity index (χ2n) is 4.87. The number of nitrogens with zero attached hydrogens (tertiary/aromatic N) is 1. The molecule has 0 amide bonds. The van der Waals surface area contributed by atoms with Crippen LogP contribution in [0.1, 0.15) is 19.3 Å². The highest BCUT2D eigenvalue weighted by Gasteiger charge is 2.41. The molecule has 1 aliphatic rings. The van der Waals surface area contributed by atoms with Gasteiger partial charge in [-0.3, -0.25) is 10.1 Å². The molecule has 1 aromatic rings. The molecule has 2 N–H and O–H groups in total. The minimum Gasteiger partial charge on any atom is -0.396 e. The zero-order valence-corrected chi connectivity index (χ0v) is 10.2. The minimum atomic E-state index is -0.980. The Morgan fingerprint density at radius 1 is 1.37 bits per heavy atom. The van der Waals surface area contributed by atoms with E-state index in [-0.39, 0.29) is 17.7 Å². The van der Waals surface area contributed by atoms with Gasteiger partial charge in [-0.25, -0.2) is 8.78 Å². The molecule has 0 unspecified atom stereocenters. The van der Waals surface area contributed by atoms with Gasteiger partial charge in [0.05, 0.1) is 17.1 Å². The van der Waals surface area contributed by atoms with Gasteiger partial charge in [0.2, 0.25) is 0 Å². The van der Waals surface area contributed by atoms with E-state index in [1.54, 1.807) is 0 Å². The number of nitro benzene ring substituents is 1. The van der Waals surface area contributed by atoms with Crippen LogP contribution in [0.4, 0.5) is 20.2 Å². The van der Waals surface area contributed by atoms with Gasteiger partial charge >= 0.3 is 0 Å². The summed E-state index contributed by atoms with van der Waals surface area (Å²) in [5, 5.41) is 22.0. The maximum Gasteiger partial charge on any atom is 0.275 e. The van der Waals surface area contributed by atoms with E-state index in [4.69, 9.17) is 5.11 Å². The number of anilines is 1. The van der Waals surface area contributed by atoms with Gasteiger partial charge in [0.1, 0.15) is 5.69 Å². The van der Waals surface area contributed by atoms with Crippen molar-refractivity contribution in [3.63, 3.8) is 0 Å². The first-order chi connectivity index (χ1) is 8.97. The number of rotatable bonds is 6. The lowest BCUT2D eigenvalue weighted by molar-refractivity contribution is -0.385. The van der Waals surface area contributed by atoms with E-state index in [9.17, 15) is 18.9 Å². The topological polar surface area (TPSA) is 75.4 Å². The molecule has 7 heteroatoms. The van der Waals surface area contributed by atoms with Crippen LogP contribution in [-0.4, -0.2) is 23.2 Å². The Balaban J connectivity index is 2.11. The van der Waals surface area contributed by atoms with Crippen LogP contribution >= 0.6 is 0 Å². The van der Waals surface area contributed by atoms with Gasteiger partial charge in [-0.1, -0.05) is 0 Å². The molecule has 104 valence electrons. The molecule has 1 aliphatic carbocycles. The van der Waals surface area contributed by atoms with E-state index in [1.807, 2.05) is 0 Å². The second-order valence-corrected chi connectivity index (χ2v) is 4.87. The van der Waals surface area contributed by atoms with Crippen molar-refractivity contribution in [1.82, 2.24) is 0 Å². The molecule has 0 aliphatic heterocycles. The van der Waals surface area contributed by atoms with Crippen LogP contribution < -0.4 is 5.32 Å². The van der Waals surface area contributed by atoms with Crippen molar-refractivity contribution in [2.75, 3.05) is 18.5 Å². The van der Waals surface area contributed by atoms with Crippen LogP contribution in [0, 0.1) is 27.2 Å². The van der Waals surface area contributed by atoms with Crippen molar-refractivity contribution < 1.29 is 18.8 Å². The summed E-state index contributed by atoms with van der Waals surface area (Å²) in [5.41, 5.74) is -1.07. The van der Waals surface area contributed by atoms with Crippen molar-refractivity contribution in [2.24, 2.45) is 5.41 Å². The third-order valence-electron chi connectivity index (χ3n) is 3.48. The molecule has 0 radical (unpaired) electrons. The van der Waals surface area contributed by atoms with E-state index in [1.165, 1.54) is 0 Å². The quantitative estimate of drug-likeness (QED) is 0.616. The fourth-order valence-electron chi connectivity index (χ4n) is 2.04. The molecule has 0 aromatic heterocycles. The predicted molar refractivity (Wildman–Crippen MR) is 64.9 cm³/mol. The summed E-state index contributed by atoms with van der Waals surface area (Å²) >= 11 is 0. The molecule has 2 rings (SSSR count). The minimum absolute atomic E-state index is 0.0346. The lowest BCUT2D eigenvalue weighted by Gasteiger charge is -2.16. The van der Waals surface area contributed by atoms with Crippen molar-refractivity contribution in [3.05, 3.63) is 33.9 Å². The number of hydrogen-bond acceptors (Lipinski definition) is 4. The van der Waals surface area contributed by atoms with Crippen molar-refractivity contribution in [1.29, 1.82) is 0 Å². The molecule has 0 heterocycles. The first-order valence-corrected chi connectivity index (χ1v) is 5.96.